The molecule has 1 aromatic heterocycles. The van der Waals surface area contributed by atoms with Gasteiger partial charge in [-0.1, -0.05) is 57.5 Å². The summed E-state index contributed by atoms with van der Waals surface area (Å²) < 4.78 is 31.9. The quantitative estimate of drug-likeness (QED) is 0.0848. The number of benzene rings is 2. The van der Waals surface area contributed by atoms with Gasteiger partial charge in [-0.15, -0.1) is 0 Å². The van der Waals surface area contributed by atoms with E-state index in [1.807, 2.05) is 47.5 Å². The molecule has 1 saturated heterocycles. The van der Waals surface area contributed by atoms with Crippen molar-refractivity contribution < 1.29 is 32.8 Å². The Morgan fingerprint density at radius 1 is 0.871 bits per heavy atom. The van der Waals surface area contributed by atoms with Crippen LogP contribution in [0.1, 0.15) is 97.4 Å². The van der Waals surface area contributed by atoms with Crippen molar-refractivity contribution in [1.82, 2.24) is 29.9 Å². The van der Waals surface area contributed by atoms with Gasteiger partial charge in [0.2, 0.25) is 17.7 Å². The Kier molecular flexibility index (Phi) is 17.1. The van der Waals surface area contributed by atoms with Gasteiger partial charge >= 0.3 is 0 Å². The Labute approximate surface area is 370 Å². The van der Waals surface area contributed by atoms with Crippen molar-refractivity contribution in [2.75, 3.05) is 50.8 Å². The summed E-state index contributed by atoms with van der Waals surface area (Å²) >= 11 is 1.41. The molecule has 2 atom stereocenters. The topological polar surface area (TPSA) is 124 Å². The van der Waals surface area contributed by atoms with Crippen molar-refractivity contribution >= 4 is 41.3 Å². The number of likely N-dealkylation sites (tertiary alicyclic amines) is 1. The largest absolute Gasteiger partial charge is 0.354 e. The molecule has 0 saturated carbocycles. The fourth-order valence-electron chi connectivity index (χ4n) is 8.20. The average Bonchev–Trinajstić information content (AvgIpc) is 3.94. The first kappa shape index (κ1) is 48.2. The maximum Gasteiger partial charge on any atom is 0.253 e. The van der Waals surface area contributed by atoms with Gasteiger partial charge in [0, 0.05) is 98.6 Å². The van der Waals surface area contributed by atoms with Crippen molar-refractivity contribution in [2.24, 2.45) is 11.3 Å². The van der Waals surface area contributed by atoms with E-state index in [1.54, 1.807) is 0 Å². The summed E-state index contributed by atoms with van der Waals surface area (Å²) in [5.74, 6) is -1.19. The first-order chi connectivity index (χ1) is 29.4. The van der Waals surface area contributed by atoms with E-state index in [0.717, 1.165) is 42.9 Å². The van der Waals surface area contributed by atoms with Gasteiger partial charge in [0.1, 0.15) is 11.6 Å². The van der Waals surface area contributed by atoms with Crippen LogP contribution < -0.4 is 10.6 Å². The number of carbonyl (C=O) groups excluding carboxylic acids is 5. The van der Waals surface area contributed by atoms with Crippen LogP contribution in [0.25, 0.3) is 11.1 Å². The van der Waals surface area contributed by atoms with Crippen molar-refractivity contribution in [3.63, 3.8) is 0 Å². The van der Waals surface area contributed by atoms with Gasteiger partial charge in [0.25, 0.3) is 11.8 Å². The zero-order chi connectivity index (χ0) is 45.0. The van der Waals surface area contributed by atoms with Crippen molar-refractivity contribution in [2.45, 2.75) is 98.2 Å². The van der Waals surface area contributed by atoms with E-state index < -0.39 is 23.1 Å². The van der Waals surface area contributed by atoms with Crippen molar-refractivity contribution in [3.05, 3.63) is 95.8 Å². The van der Waals surface area contributed by atoms with Crippen LogP contribution >= 0.6 is 11.8 Å². The van der Waals surface area contributed by atoms with E-state index in [4.69, 9.17) is 0 Å². The molecule has 0 aliphatic carbocycles. The summed E-state index contributed by atoms with van der Waals surface area (Å²) in [5.41, 5.74) is 2.09. The highest BCUT2D eigenvalue weighted by Gasteiger charge is 2.40. The van der Waals surface area contributed by atoms with E-state index >= 15 is 4.39 Å². The van der Waals surface area contributed by atoms with Gasteiger partial charge in [0.05, 0.1) is 11.8 Å². The van der Waals surface area contributed by atoms with Gasteiger partial charge < -0.3 is 20.1 Å². The molecule has 336 valence electrons. The molecule has 11 nitrogen and oxygen atoms in total. The second-order valence-corrected chi connectivity index (χ2v) is 19.6. The van der Waals surface area contributed by atoms with Crippen LogP contribution in [0.2, 0.25) is 0 Å². The number of carbonyl (C=O) groups is 5. The number of amides is 5. The molecule has 2 aliphatic rings. The van der Waals surface area contributed by atoms with Crippen LogP contribution in [0.3, 0.4) is 0 Å². The van der Waals surface area contributed by atoms with Gasteiger partial charge in [-0.05, 0) is 87.7 Å². The van der Waals surface area contributed by atoms with Crippen LogP contribution in [0, 0.1) is 23.0 Å². The van der Waals surface area contributed by atoms with E-state index in [9.17, 15) is 28.4 Å². The number of rotatable bonds is 21. The first-order valence-electron chi connectivity index (χ1n) is 21.8. The minimum Gasteiger partial charge on any atom is -0.354 e. The van der Waals surface area contributed by atoms with Crippen molar-refractivity contribution in [1.29, 1.82) is 0 Å². The minimum atomic E-state index is -0.531. The molecule has 2 aromatic carbocycles. The SMILES string of the molecule is CC(C)(C)[C@H](c1cc(-c2cc(F)ccc2F)cn1Cc1ccccc1)N(CC1CCN(C(C)(C)C)C1)C(=O)CSCCC(=O)NCCNC(=O)CCCCCN1C(=O)C=CC1=O. The molecule has 0 spiro atoms. The molecule has 0 bridgehead atoms. The number of unbranched alkanes of at least 4 members (excludes halogenated alkanes) is 2. The smallest absolute Gasteiger partial charge is 0.253 e. The Bertz CT molecular complexity index is 2040. The monoisotopic (exact) mass is 874 g/mol. The summed E-state index contributed by atoms with van der Waals surface area (Å²) in [6.07, 6.45) is 7.80. The summed E-state index contributed by atoms with van der Waals surface area (Å²) in [6.45, 7) is 16.6. The number of hydrogen-bond acceptors (Lipinski definition) is 7. The highest BCUT2D eigenvalue weighted by molar-refractivity contribution is 7.99. The summed E-state index contributed by atoms with van der Waals surface area (Å²) in [6, 6.07) is 14.9. The molecule has 62 heavy (non-hydrogen) atoms. The molecule has 5 rings (SSSR count). The summed E-state index contributed by atoms with van der Waals surface area (Å²) in [5, 5.41) is 5.65. The Morgan fingerprint density at radius 3 is 2.19 bits per heavy atom. The number of nitrogens with zero attached hydrogens (tertiary/aromatic N) is 4. The number of halogens is 2. The van der Waals surface area contributed by atoms with Gasteiger partial charge in [-0.2, -0.15) is 11.8 Å². The molecule has 5 amide bonds. The maximum absolute atomic E-state index is 15.3. The molecular formula is C48H64F2N6O5S. The third kappa shape index (κ3) is 13.8. The zero-order valence-electron chi connectivity index (χ0n) is 37.2. The molecule has 2 aliphatic heterocycles. The normalized spacial score (nSPS) is 16.3. The zero-order valence-corrected chi connectivity index (χ0v) is 38.0. The maximum atomic E-state index is 15.3. The van der Waals surface area contributed by atoms with Crippen LogP contribution in [-0.4, -0.2) is 105 Å². The van der Waals surface area contributed by atoms with Crippen LogP contribution in [-0.2, 0) is 30.5 Å². The summed E-state index contributed by atoms with van der Waals surface area (Å²) in [7, 11) is 0. The Balaban J connectivity index is 1.21. The van der Waals surface area contributed by atoms with Gasteiger partial charge in [-0.3, -0.25) is 33.8 Å². The second-order valence-electron chi connectivity index (χ2n) is 18.5. The Morgan fingerprint density at radius 2 is 1.55 bits per heavy atom. The average molecular weight is 875 g/mol. The molecule has 1 fully saturated rings. The van der Waals surface area contributed by atoms with Crippen LogP contribution in [0.4, 0.5) is 8.78 Å². The predicted octanol–water partition coefficient (Wildman–Crippen LogP) is 7.36. The van der Waals surface area contributed by atoms with E-state index in [0.29, 0.717) is 56.6 Å². The number of nitrogens with one attached hydrogen (secondary N) is 2. The lowest BCUT2D eigenvalue weighted by Gasteiger charge is -2.42. The third-order valence-electron chi connectivity index (χ3n) is 11.4. The third-order valence-corrected chi connectivity index (χ3v) is 12.4. The van der Waals surface area contributed by atoms with E-state index in [1.165, 1.54) is 34.9 Å². The highest BCUT2D eigenvalue weighted by Crippen LogP contribution is 2.42. The molecule has 1 unspecified atom stereocenters. The Hall–Kier alpha value is -4.82. The highest BCUT2D eigenvalue weighted by atomic mass is 32.2. The standard InChI is InChI=1S/C48H64F2N6O5S/c1-47(2,3)46(40-27-36(38-28-37(49)16-17-39(38)50)32-53(40)29-34-13-9-7-10-14-34)56(31-35-20-25-54(30-35)48(4,5)6)45(61)33-62-26-21-42(58)52-23-22-51-41(57)15-11-8-12-24-55-43(59)18-19-44(55)60/h7,9-10,13-14,16-19,27-28,32,35,46H,8,11-12,15,20-26,29-31,33H2,1-6H3,(H,51,57)(H,52,58)/t35?,46-/m0/s1. The molecular weight excluding hydrogens is 811 g/mol. The van der Waals surface area contributed by atoms with Gasteiger partial charge in [0.15, 0.2) is 0 Å². The van der Waals surface area contributed by atoms with E-state index in [2.05, 4.69) is 61.6 Å². The lowest BCUT2D eigenvalue weighted by Crippen LogP contribution is -2.46. The lowest BCUT2D eigenvalue weighted by molar-refractivity contribution is -0.137. The second kappa shape index (κ2) is 22.0. The lowest BCUT2D eigenvalue weighted by atomic mass is 9.82. The molecule has 14 heteroatoms. The number of hydrogen-bond donors (Lipinski definition) is 2. The number of thioether (sulfide) groups is 1. The fourth-order valence-corrected chi connectivity index (χ4v) is 9.02. The van der Waals surface area contributed by atoms with Crippen LogP contribution in [0.5, 0.6) is 0 Å². The molecule has 3 aromatic rings. The van der Waals surface area contributed by atoms with Gasteiger partial charge in [-0.25, -0.2) is 8.78 Å². The van der Waals surface area contributed by atoms with Crippen molar-refractivity contribution in [3.8, 4) is 11.1 Å². The number of aromatic nitrogens is 1. The van der Waals surface area contributed by atoms with Crippen LogP contribution in [0.15, 0.2) is 72.9 Å². The summed E-state index contributed by atoms with van der Waals surface area (Å²) in [4.78, 5) is 68.6. The molecule has 3 heterocycles. The number of imide groups is 1. The first-order valence-corrected chi connectivity index (χ1v) is 22.9. The van der Waals surface area contributed by atoms with E-state index in [-0.39, 0.29) is 71.8 Å². The molecule has 2 N–H and O–H groups in total. The molecule has 0 radical (unpaired) electrons. The predicted molar refractivity (Wildman–Crippen MR) is 241 cm³/mol. The minimum absolute atomic E-state index is 0.0107. The fraction of sp³-hybridized carbons (Fsp3) is 0.521.